The van der Waals surface area contributed by atoms with Gasteiger partial charge >= 0.3 is 0 Å². The first kappa shape index (κ1) is 13.0. The summed E-state index contributed by atoms with van der Waals surface area (Å²) >= 11 is 0. The Morgan fingerprint density at radius 2 is 1.94 bits per heavy atom. The van der Waals surface area contributed by atoms with E-state index >= 15 is 0 Å². The number of hydrogen-bond donors (Lipinski definition) is 1. The van der Waals surface area contributed by atoms with Crippen LogP contribution in [-0.4, -0.2) is 18.2 Å². The molecule has 0 fully saturated rings. The van der Waals surface area contributed by atoms with Crippen molar-refractivity contribution in [2.75, 3.05) is 11.6 Å². The Kier molecular flexibility index (Phi) is 3.92. The molecular formula is C15H22N2O. The molecule has 1 aromatic rings. The molecule has 2 rings (SSSR count). The van der Waals surface area contributed by atoms with Crippen LogP contribution in [0.4, 0.5) is 5.69 Å². The largest absolute Gasteiger partial charge is 0.501 e. The monoisotopic (exact) mass is 246 g/mol. The summed E-state index contributed by atoms with van der Waals surface area (Å²) in [6, 6.07) is 10.8. The molecule has 1 aliphatic heterocycles. The van der Waals surface area contributed by atoms with Crippen LogP contribution in [0.3, 0.4) is 0 Å². The van der Waals surface area contributed by atoms with Gasteiger partial charge in [-0.3, -0.25) is 0 Å². The number of anilines is 1. The zero-order valence-corrected chi connectivity index (χ0v) is 11.4. The molecule has 98 valence electrons. The van der Waals surface area contributed by atoms with Crippen molar-refractivity contribution in [3.05, 3.63) is 42.7 Å². The summed E-state index contributed by atoms with van der Waals surface area (Å²) < 4.78 is 5.28. The molecule has 3 nitrogen and oxygen atoms in total. The van der Waals surface area contributed by atoms with Crippen LogP contribution < -0.4 is 10.4 Å². The van der Waals surface area contributed by atoms with Crippen molar-refractivity contribution in [2.24, 2.45) is 0 Å². The van der Waals surface area contributed by atoms with Crippen LogP contribution in [0.25, 0.3) is 0 Å². The molecule has 0 spiro atoms. The zero-order valence-electron chi connectivity index (χ0n) is 11.4. The quantitative estimate of drug-likeness (QED) is 0.829. The van der Waals surface area contributed by atoms with Crippen molar-refractivity contribution in [3.8, 4) is 0 Å². The second-order valence-corrected chi connectivity index (χ2v) is 5.62. The molecule has 1 atom stereocenters. The van der Waals surface area contributed by atoms with Gasteiger partial charge in [0.2, 0.25) is 0 Å². The predicted octanol–water partition coefficient (Wildman–Crippen LogP) is 3.10. The van der Waals surface area contributed by atoms with Crippen molar-refractivity contribution in [1.29, 1.82) is 0 Å². The maximum Gasteiger partial charge on any atom is 0.0896 e. The number of hydrogen-bond acceptors (Lipinski definition) is 3. The molecule has 1 aliphatic rings. The maximum atomic E-state index is 5.28. The number of hydrazine groups is 1. The predicted molar refractivity (Wildman–Crippen MR) is 75.3 cm³/mol. The average molecular weight is 246 g/mol. The van der Waals surface area contributed by atoms with Crippen LogP contribution >= 0.6 is 0 Å². The van der Waals surface area contributed by atoms with E-state index in [2.05, 4.69) is 61.5 Å². The number of nitrogens with zero attached hydrogens (tertiary/aromatic N) is 1. The summed E-state index contributed by atoms with van der Waals surface area (Å²) in [5.41, 5.74) is 4.78. The van der Waals surface area contributed by atoms with Gasteiger partial charge in [-0.25, -0.2) is 5.43 Å². The topological polar surface area (TPSA) is 24.5 Å². The Labute approximate surface area is 109 Å². The molecular weight excluding hydrogens is 224 g/mol. The van der Waals surface area contributed by atoms with Gasteiger partial charge in [-0.1, -0.05) is 18.2 Å². The number of ether oxygens (including phenoxy) is 1. The molecule has 1 aromatic carbocycles. The summed E-state index contributed by atoms with van der Waals surface area (Å²) in [7, 11) is 0. The lowest BCUT2D eigenvalue weighted by Gasteiger charge is -2.38. The van der Waals surface area contributed by atoms with Crippen LogP contribution in [0.15, 0.2) is 42.7 Å². The number of rotatable bonds is 3. The number of para-hydroxylation sites is 1. The second-order valence-electron chi connectivity index (χ2n) is 5.62. The maximum absolute atomic E-state index is 5.28. The van der Waals surface area contributed by atoms with Crippen LogP contribution in [0.1, 0.15) is 27.2 Å². The fourth-order valence-electron chi connectivity index (χ4n) is 2.00. The lowest BCUT2D eigenvalue weighted by molar-refractivity contribution is 0.214. The van der Waals surface area contributed by atoms with E-state index in [0.29, 0.717) is 6.04 Å². The average Bonchev–Trinajstić information content (AvgIpc) is 2.37. The Morgan fingerprint density at radius 3 is 2.50 bits per heavy atom. The molecule has 0 radical (unpaired) electrons. The van der Waals surface area contributed by atoms with Gasteiger partial charge in [-0.2, -0.15) is 0 Å². The highest BCUT2D eigenvalue weighted by Crippen LogP contribution is 2.20. The lowest BCUT2D eigenvalue weighted by Crippen LogP contribution is -2.54. The minimum Gasteiger partial charge on any atom is -0.501 e. The summed E-state index contributed by atoms with van der Waals surface area (Å²) in [5, 5.41) is 2.24. The first-order valence-corrected chi connectivity index (χ1v) is 6.47. The first-order valence-electron chi connectivity index (χ1n) is 6.47. The van der Waals surface area contributed by atoms with Gasteiger partial charge in [-0.15, -0.1) is 0 Å². The van der Waals surface area contributed by atoms with Crippen LogP contribution in [-0.2, 0) is 4.74 Å². The second kappa shape index (κ2) is 5.44. The molecule has 0 bridgehead atoms. The highest BCUT2D eigenvalue weighted by atomic mass is 16.5. The SMILES string of the molecule is CC(C)(C)NN(c1ccccc1)C1C=COCC1. The molecule has 1 heterocycles. The van der Waals surface area contributed by atoms with Gasteiger partial charge in [0, 0.05) is 12.0 Å². The molecule has 0 aromatic heterocycles. The first-order chi connectivity index (χ1) is 8.56. The normalized spacial score (nSPS) is 19.4. The van der Waals surface area contributed by atoms with Gasteiger partial charge in [0.15, 0.2) is 0 Å². The van der Waals surface area contributed by atoms with Gasteiger partial charge in [0.1, 0.15) is 0 Å². The highest BCUT2D eigenvalue weighted by molar-refractivity contribution is 5.47. The molecule has 1 unspecified atom stereocenters. The lowest BCUT2D eigenvalue weighted by atomic mass is 10.1. The van der Waals surface area contributed by atoms with Crippen molar-refractivity contribution in [2.45, 2.75) is 38.8 Å². The van der Waals surface area contributed by atoms with E-state index < -0.39 is 0 Å². The Morgan fingerprint density at radius 1 is 1.22 bits per heavy atom. The van der Waals surface area contributed by atoms with Gasteiger partial charge < -0.3 is 9.75 Å². The fraction of sp³-hybridized carbons (Fsp3) is 0.467. The third kappa shape index (κ3) is 3.50. The van der Waals surface area contributed by atoms with Crippen LogP contribution in [0.5, 0.6) is 0 Å². The van der Waals surface area contributed by atoms with Crippen LogP contribution in [0.2, 0.25) is 0 Å². The van der Waals surface area contributed by atoms with Crippen molar-refractivity contribution >= 4 is 5.69 Å². The van der Waals surface area contributed by atoms with Gasteiger partial charge in [-0.05, 0) is 39.0 Å². The van der Waals surface area contributed by atoms with E-state index in [9.17, 15) is 0 Å². The van der Waals surface area contributed by atoms with Gasteiger partial charge in [0.05, 0.1) is 24.6 Å². The Bertz CT molecular complexity index is 395. The summed E-state index contributed by atoms with van der Waals surface area (Å²) in [5.74, 6) is 0. The molecule has 0 aliphatic carbocycles. The van der Waals surface area contributed by atoms with Crippen molar-refractivity contribution in [1.82, 2.24) is 5.43 Å². The zero-order chi connectivity index (χ0) is 13.0. The van der Waals surface area contributed by atoms with E-state index in [1.807, 2.05) is 6.07 Å². The van der Waals surface area contributed by atoms with E-state index in [1.54, 1.807) is 6.26 Å². The molecule has 3 heteroatoms. The van der Waals surface area contributed by atoms with E-state index in [4.69, 9.17) is 4.74 Å². The molecule has 0 saturated heterocycles. The Hall–Kier alpha value is -1.48. The van der Waals surface area contributed by atoms with E-state index in [0.717, 1.165) is 13.0 Å². The number of benzene rings is 1. The molecule has 1 N–H and O–H groups in total. The third-order valence-corrected chi connectivity index (χ3v) is 2.75. The summed E-state index contributed by atoms with van der Waals surface area (Å²) in [4.78, 5) is 0. The highest BCUT2D eigenvalue weighted by Gasteiger charge is 2.23. The number of nitrogens with one attached hydrogen (secondary N) is 1. The van der Waals surface area contributed by atoms with E-state index in [-0.39, 0.29) is 5.54 Å². The van der Waals surface area contributed by atoms with Crippen LogP contribution in [0, 0.1) is 0 Å². The fourth-order valence-corrected chi connectivity index (χ4v) is 2.00. The van der Waals surface area contributed by atoms with Gasteiger partial charge in [0.25, 0.3) is 0 Å². The minimum absolute atomic E-state index is 0.0297. The molecule has 0 saturated carbocycles. The van der Waals surface area contributed by atoms with E-state index in [1.165, 1.54) is 5.69 Å². The molecule has 0 amide bonds. The summed E-state index contributed by atoms with van der Waals surface area (Å²) in [6.45, 7) is 7.29. The smallest absolute Gasteiger partial charge is 0.0896 e. The summed E-state index contributed by atoms with van der Waals surface area (Å²) in [6.07, 6.45) is 4.90. The van der Waals surface area contributed by atoms with Crippen molar-refractivity contribution in [3.63, 3.8) is 0 Å². The molecule has 18 heavy (non-hydrogen) atoms. The minimum atomic E-state index is 0.0297. The van der Waals surface area contributed by atoms with Crippen molar-refractivity contribution < 1.29 is 4.74 Å². The Balaban J connectivity index is 2.22. The third-order valence-electron chi connectivity index (χ3n) is 2.75. The standard InChI is InChI=1S/C15H22N2O/c1-15(2,3)16-17(13-7-5-4-6-8-13)14-9-11-18-12-10-14/h4-9,11,14,16H,10,12H2,1-3H3.